The van der Waals surface area contributed by atoms with Crippen molar-refractivity contribution in [1.29, 1.82) is 0 Å². The normalized spacial score (nSPS) is 32.2. The lowest BCUT2D eigenvalue weighted by molar-refractivity contribution is -0.169. The highest BCUT2D eigenvalue weighted by Gasteiger charge is 2.51. The van der Waals surface area contributed by atoms with Crippen LogP contribution in [0.1, 0.15) is 31.2 Å². The van der Waals surface area contributed by atoms with E-state index in [-0.39, 0.29) is 29.9 Å². The number of hydrogen-bond donors (Lipinski definition) is 0. The molecule has 1 aromatic carbocycles. The van der Waals surface area contributed by atoms with Crippen LogP contribution in [0.25, 0.3) is 0 Å². The van der Waals surface area contributed by atoms with Crippen LogP contribution in [0.3, 0.4) is 0 Å². The second-order valence-electron chi connectivity index (χ2n) is 7.15. The second-order valence-corrected chi connectivity index (χ2v) is 7.15. The Morgan fingerprint density at radius 1 is 1.20 bits per heavy atom. The summed E-state index contributed by atoms with van der Waals surface area (Å²) in [5, 5.41) is 1.82. The van der Waals surface area contributed by atoms with Gasteiger partial charge in [-0.3, -0.25) is 9.63 Å². The summed E-state index contributed by atoms with van der Waals surface area (Å²) < 4.78 is 4.93. The Kier molecular flexibility index (Phi) is 4.48. The molecule has 0 aromatic heterocycles. The number of carbonyl (C=O) groups is 2. The summed E-state index contributed by atoms with van der Waals surface area (Å²) in [5.41, 5.74) is 1.11. The number of nitrogens with zero attached hydrogens (tertiary/aromatic N) is 2. The predicted molar refractivity (Wildman–Crippen MR) is 90.1 cm³/mol. The maximum Gasteiger partial charge on any atom is 0.328 e. The Morgan fingerprint density at radius 2 is 1.96 bits per heavy atom. The van der Waals surface area contributed by atoms with Crippen molar-refractivity contribution in [3.63, 3.8) is 0 Å². The van der Waals surface area contributed by atoms with Crippen molar-refractivity contribution in [2.75, 3.05) is 13.7 Å². The number of amides is 1. The highest BCUT2D eigenvalue weighted by atomic mass is 16.7. The molecule has 0 radical (unpaired) electrons. The maximum atomic E-state index is 13.3. The van der Waals surface area contributed by atoms with Crippen LogP contribution in [0.15, 0.2) is 30.3 Å². The molecule has 4 unspecified atom stereocenters. The SMILES string of the molecule is COC(=O)C1CCC2CCC3CON(Cc4ccccc4)C3C(=O)N21. The first-order valence-electron chi connectivity index (χ1n) is 9.02. The van der Waals surface area contributed by atoms with Gasteiger partial charge in [-0.1, -0.05) is 30.3 Å². The first-order valence-corrected chi connectivity index (χ1v) is 9.02. The Labute approximate surface area is 147 Å². The molecule has 0 bridgehead atoms. The van der Waals surface area contributed by atoms with E-state index in [0.29, 0.717) is 19.6 Å². The lowest BCUT2D eigenvalue weighted by Crippen LogP contribution is -2.52. The molecule has 0 aliphatic carbocycles. The zero-order valence-electron chi connectivity index (χ0n) is 14.5. The van der Waals surface area contributed by atoms with E-state index < -0.39 is 6.04 Å². The first kappa shape index (κ1) is 16.5. The van der Waals surface area contributed by atoms with E-state index in [4.69, 9.17) is 9.57 Å². The van der Waals surface area contributed by atoms with Gasteiger partial charge in [-0.2, -0.15) is 5.06 Å². The molecular formula is C19H24N2O4. The summed E-state index contributed by atoms with van der Waals surface area (Å²) in [5.74, 6) is -0.0863. The van der Waals surface area contributed by atoms with Crippen molar-refractivity contribution < 1.29 is 19.2 Å². The van der Waals surface area contributed by atoms with Crippen molar-refractivity contribution >= 4 is 11.9 Å². The summed E-state index contributed by atoms with van der Waals surface area (Å²) in [4.78, 5) is 33.1. The Bertz CT molecular complexity index is 650. The molecule has 4 rings (SSSR count). The third-order valence-electron chi connectivity index (χ3n) is 5.75. The standard InChI is InChI=1S/C19H24N2O4/c1-24-19(23)16-10-9-15-8-7-14-12-25-20(17(14)18(22)21(15)16)11-13-5-3-2-4-6-13/h2-6,14-17H,7-12H2,1H3. The topological polar surface area (TPSA) is 59.1 Å². The van der Waals surface area contributed by atoms with Crippen LogP contribution in [-0.2, 0) is 25.7 Å². The van der Waals surface area contributed by atoms with Gasteiger partial charge in [0.15, 0.2) is 0 Å². The molecule has 1 aromatic rings. The third-order valence-corrected chi connectivity index (χ3v) is 5.75. The highest BCUT2D eigenvalue weighted by molar-refractivity contribution is 5.89. The van der Waals surface area contributed by atoms with Gasteiger partial charge in [0.05, 0.1) is 13.7 Å². The number of hydroxylamine groups is 2. The van der Waals surface area contributed by atoms with Crippen molar-refractivity contribution in [2.24, 2.45) is 5.92 Å². The molecule has 3 heterocycles. The molecular weight excluding hydrogens is 320 g/mol. The summed E-state index contributed by atoms with van der Waals surface area (Å²) >= 11 is 0. The molecule has 3 saturated heterocycles. The predicted octanol–water partition coefficient (Wildman–Crippen LogP) is 1.74. The zero-order chi connectivity index (χ0) is 17.4. The number of rotatable bonds is 3. The molecule has 0 saturated carbocycles. The number of methoxy groups -OCH3 is 1. The van der Waals surface area contributed by atoms with Crippen molar-refractivity contribution in [2.45, 2.75) is 50.4 Å². The fourth-order valence-electron chi connectivity index (χ4n) is 4.50. The molecule has 4 atom stereocenters. The number of benzene rings is 1. The van der Waals surface area contributed by atoms with Gasteiger partial charge in [0, 0.05) is 18.5 Å². The number of carbonyl (C=O) groups excluding carboxylic acids is 2. The van der Waals surface area contributed by atoms with Gasteiger partial charge >= 0.3 is 5.97 Å². The quantitative estimate of drug-likeness (QED) is 0.782. The summed E-state index contributed by atoms with van der Waals surface area (Å²) in [6.45, 7) is 1.15. The van der Waals surface area contributed by atoms with Gasteiger partial charge in [0.2, 0.25) is 5.91 Å². The van der Waals surface area contributed by atoms with Crippen LogP contribution in [0.5, 0.6) is 0 Å². The van der Waals surface area contributed by atoms with E-state index in [1.165, 1.54) is 7.11 Å². The van der Waals surface area contributed by atoms with E-state index in [1.54, 1.807) is 4.90 Å². The van der Waals surface area contributed by atoms with Gasteiger partial charge in [0.25, 0.3) is 0 Å². The molecule has 0 spiro atoms. The lowest BCUT2D eigenvalue weighted by atomic mass is 9.95. The van der Waals surface area contributed by atoms with E-state index in [2.05, 4.69) is 0 Å². The molecule has 3 aliphatic rings. The van der Waals surface area contributed by atoms with E-state index in [1.807, 2.05) is 35.4 Å². The van der Waals surface area contributed by atoms with Gasteiger partial charge in [0.1, 0.15) is 12.1 Å². The van der Waals surface area contributed by atoms with Crippen LogP contribution < -0.4 is 0 Å². The minimum atomic E-state index is -0.444. The lowest BCUT2D eigenvalue weighted by Gasteiger charge is -2.31. The molecule has 3 aliphatic heterocycles. The van der Waals surface area contributed by atoms with Gasteiger partial charge in [-0.15, -0.1) is 0 Å². The van der Waals surface area contributed by atoms with Crippen molar-refractivity contribution in [1.82, 2.24) is 9.96 Å². The second kappa shape index (κ2) is 6.77. The van der Waals surface area contributed by atoms with E-state index in [0.717, 1.165) is 24.8 Å². The van der Waals surface area contributed by atoms with Crippen LogP contribution >= 0.6 is 0 Å². The number of hydrogen-bond acceptors (Lipinski definition) is 5. The van der Waals surface area contributed by atoms with Gasteiger partial charge < -0.3 is 9.64 Å². The number of ether oxygens (including phenoxy) is 1. The minimum Gasteiger partial charge on any atom is -0.467 e. The Morgan fingerprint density at radius 3 is 2.72 bits per heavy atom. The Hall–Kier alpha value is -1.92. The molecule has 1 amide bonds. The van der Waals surface area contributed by atoms with E-state index >= 15 is 0 Å². The third kappa shape index (κ3) is 2.93. The summed E-state index contributed by atoms with van der Waals surface area (Å²) in [6, 6.07) is 9.42. The van der Waals surface area contributed by atoms with E-state index in [9.17, 15) is 9.59 Å². The fraction of sp³-hybridized carbons (Fsp3) is 0.579. The summed E-state index contributed by atoms with van der Waals surface area (Å²) in [6.07, 6.45) is 3.46. The molecule has 134 valence electrons. The van der Waals surface area contributed by atoms with Gasteiger partial charge in [-0.05, 0) is 31.2 Å². The maximum absolute atomic E-state index is 13.3. The largest absolute Gasteiger partial charge is 0.467 e. The Balaban J connectivity index is 1.58. The molecule has 3 fully saturated rings. The number of esters is 1. The van der Waals surface area contributed by atoms with Crippen LogP contribution in [0, 0.1) is 5.92 Å². The first-order chi connectivity index (χ1) is 12.2. The van der Waals surface area contributed by atoms with Crippen LogP contribution in [0.2, 0.25) is 0 Å². The highest BCUT2D eigenvalue weighted by Crippen LogP contribution is 2.38. The minimum absolute atomic E-state index is 0.0221. The zero-order valence-corrected chi connectivity index (χ0v) is 14.5. The smallest absolute Gasteiger partial charge is 0.328 e. The molecule has 6 heteroatoms. The molecule has 25 heavy (non-hydrogen) atoms. The fourth-order valence-corrected chi connectivity index (χ4v) is 4.50. The van der Waals surface area contributed by atoms with Crippen LogP contribution in [0.4, 0.5) is 0 Å². The molecule has 6 nitrogen and oxygen atoms in total. The average molecular weight is 344 g/mol. The summed E-state index contributed by atoms with van der Waals surface area (Å²) in [7, 11) is 1.39. The van der Waals surface area contributed by atoms with Crippen molar-refractivity contribution in [3.05, 3.63) is 35.9 Å². The van der Waals surface area contributed by atoms with Gasteiger partial charge in [-0.25, -0.2) is 4.79 Å². The molecule has 0 N–H and O–H groups in total. The monoisotopic (exact) mass is 344 g/mol. The van der Waals surface area contributed by atoms with Crippen molar-refractivity contribution in [3.8, 4) is 0 Å². The number of fused-ring (bicyclic) bond motifs is 2. The average Bonchev–Trinajstić information content (AvgIpc) is 3.20. The van der Waals surface area contributed by atoms with Crippen LogP contribution in [-0.4, -0.2) is 53.7 Å².